The summed E-state index contributed by atoms with van der Waals surface area (Å²) in [5, 5.41) is 46.4. The lowest BCUT2D eigenvalue weighted by molar-refractivity contribution is -0.375. The lowest BCUT2D eigenvalue weighted by Crippen LogP contribution is -2.76. The van der Waals surface area contributed by atoms with E-state index in [0.717, 1.165) is 7.11 Å². The first kappa shape index (κ1) is 37.4. The second-order valence-corrected chi connectivity index (χ2v) is 17.6. The first-order valence-electron chi connectivity index (χ1n) is 19.0. The van der Waals surface area contributed by atoms with Crippen molar-refractivity contribution in [2.45, 2.75) is 82.4 Å². The van der Waals surface area contributed by atoms with Crippen LogP contribution >= 0.6 is 0 Å². The number of hydrogen-bond acceptors (Lipinski definition) is 16. The molecule has 7 aliphatic carbocycles. The van der Waals surface area contributed by atoms with Gasteiger partial charge in [0, 0.05) is 34.0 Å². The largest absolute Gasteiger partial charge is 0.466 e. The summed E-state index contributed by atoms with van der Waals surface area (Å²) in [6, 6.07) is 0. The molecule has 0 aromatic rings. The number of ketones is 1. The summed E-state index contributed by atoms with van der Waals surface area (Å²) in [6.07, 6.45) is -0.328. The van der Waals surface area contributed by atoms with E-state index in [4.69, 9.17) is 28.6 Å². The summed E-state index contributed by atoms with van der Waals surface area (Å²) in [5.74, 6) is -9.80. The van der Waals surface area contributed by atoms with Crippen molar-refractivity contribution in [3.8, 4) is 0 Å². The van der Waals surface area contributed by atoms with Crippen LogP contribution in [0.15, 0.2) is 45.6 Å². The van der Waals surface area contributed by atoms with Crippen molar-refractivity contribution in [2.24, 2.45) is 52.3 Å². The predicted octanol–water partition coefficient (Wildman–Crippen LogP) is 0.816. The lowest BCUT2D eigenvalue weighted by Gasteiger charge is -2.66. The highest BCUT2D eigenvalue weighted by Gasteiger charge is 2.89. The Labute approximate surface area is 320 Å². The van der Waals surface area contributed by atoms with E-state index in [1.807, 2.05) is 13.0 Å². The third-order valence-electron chi connectivity index (χ3n) is 15.6. The molecule has 2 aliphatic heterocycles. The number of esters is 5. The van der Waals surface area contributed by atoms with Gasteiger partial charge in [-0.2, -0.15) is 0 Å². The Bertz CT molecular complexity index is 2060. The molecule has 56 heavy (non-hydrogen) atoms. The van der Waals surface area contributed by atoms with E-state index in [-0.39, 0.29) is 58.0 Å². The number of rotatable bonds is 2. The van der Waals surface area contributed by atoms with Crippen LogP contribution < -0.4 is 0 Å². The molecule has 0 saturated heterocycles. The number of fused-ring (bicyclic) bond motifs is 7. The average molecular weight is 781 g/mol. The zero-order chi connectivity index (χ0) is 40.2. The zero-order valence-electron chi connectivity index (χ0n) is 31.5. The Balaban J connectivity index is 1.30. The molecule has 1 spiro atoms. The first-order valence-corrected chi connectivity index (χ1v) is 19.0. The monoisotopic (exact) mass is 780 g/mol. The first-order chi connectivity index (χ1) is 26.4. The van der Waals surface area contributed by atoms with Crippen LogP contribution in [0.4, 0.5) is 0 Å². The third kappa shape index (κ3) is 4.21. The van der Waals surface area contributed by atoms with Crippen molar-refractivity contribution in [1.29, 1.82) is 0 Å². The van der Waals surface area contributed by atoms with Crippen molar-refractivity contribution < 1.29 is 77.9 Å². The maximum absolute atomic E-state index is 14.7. The fourth-order valence-electron chi connectivity index (χ4n) is 12.9. The number of hydrogen-bond donors (Lipinski definition) is 4. The van der Waals surface area contributed by atoms with Crippen molar-refractivity contribution in [2.75, 3.05) is 26.9 Å². The molecule has 0 aromatic carbocycles. The molecule has 14 atom stereocenters. The molecule has 2 heterocycles. The van der Waals surface area contributed by atoms with Gasteiger partial charge in [0.05, 0.1) is 25.0 Å². The van der Waals surface area contributed by atoms with Gasteiger partial charge in [-0.25, -0.2) is 24.1 Å². The topological polar surface area (TPSA) is 239 Å². The SMILES string of the molecule is COC(=O)C(C)=C1C(=O)[C@H](O)[C@@]2(C)[C@@H]3C[C@@H]3C3=C[C@@H]4[C@]5(OC(=O)C6=C5C[C@H]5[C@](O)(COC(=O)/C(C)=C/COC(=O)[C@@H](O)CC(=O)OC6)[C@H]6C[C@H]6[C@]45C)[C@@H]1[C@]32OO. The smallest absolute Gasteiger partial charge is 0.338 e. The maximum Gasteiger partial charge on any atom is 0.338 e. The van der Waals surface area contributed by atoms with Crippen LogP contribution in [0.2, 0.25) is 0 Å². The van der Waals surface area contributed by atoms with E-state index in [9.17, 15) is 49.3 Å². The van der Waals surface area contributed by atoms with Gasteiger partial charge in [-0.3, -0.25) is 14.8 Å². The summed E-state index contributed by atoms with van der Waals surface area (Å²) in [5.41, 5.74) is -7.54. The molecule has 0 unspecified atom stereocenters. The van der Waals surface area contributed by atoms with Crippen molar-refractivity contribution >= 4 is 35.6 Å². The minimum atomic E-state index is -1.94. The molecule has 4 N–H and O–H groups in total. The van der Waals surface area contributed by atoms with Gasteiger partial charge < -0.3 is 39.0 Å². The van der Waals surface area contributed by atoms with E-state index in [1.165, 1.54) is 19.9 Å². The number of carbonyl (C=O) groups excluding carboxylic acids is 6. The van der Waals surface area contributed by atoms with Crippen LogP contribution in [0.25, 0.3) is 0 Å². The number of carbonyl (C=O) groups is 6. The standard InChI is InChI=1S/C40H44O16/c1-15-6-7-52-35(48)24(41)12-27(42)53-13-18-20-10-25-36(3,22-9-23(22)38(25,49)14-54-32(15)45)26-11-21-17-8-19(17)37(4)31(44)29(43)28(16(2)33(46)51-5)30(40(21,37)56-50)39(20,26)55-34(18)47/h6,11,17,19,22-26,30-31,41,44,49-50H,7-10,12-14H2,1-5H3/b15-6+,28-16?/t17-,19+,22+,23-,24-,25+,26-,30+,31-,36-,37+,38-,39-,40+/m0/s1. The van der Waals surface area contributed by atoms with Gasteiger partial charge in [0.25, 0.3) is 0 Å². The average Bonchev–Trinajstić information content (AvgIpc) is 4.09. The van der Waals surface area contributed by atoms with Gasteiger partial charge >= 0.3 is 29.8 Å². The van der Waals surface area contributed by atoms with Gasteiger partial charge in [0.15, 0.2) is 17.5 Å². The van der Waals surface area contributed by atoms with Gasteiger partial charge in [0.2, 0.25) is 0 Å². The predicted molar refractivity (Wildman–Crippen MR) is 183 cm³/mol. The molecular formula is C40H44O16. The van der Waals surface area contributed by atoms with Gasteiger partial charge in [-0.05, 0) is 79.4 Å². The normalized spacial score (nSPS) is 49.2. The summed E-state index contributed by atoms with van der Waals surface area (Å²) in [4.78, 5) is 87.0. The van der Waals surface area contributed by atoms with Gasteiger partial charge in [-0.1, -0.05) is 19.9 Å². The van der Waals surface area contributed by atoms with Gasteiger partial charge in [0.1, 0.15) is 37.1 Å². The second-order valence-electron chi connectivity index (χ2n) is 17.6. The zero-order valence-corrected chi connectivity index (χ0v) is 31.5. The Kier molecular flexibility index (Phi) is 7.80. The summed E-state index contributed by atoms with van der Waals surface area (Å²) in [6.45, 7) is 4.88. The van der Waals surface area contributed by atoms with E-state index >= 15 is 0 Å². The Morgan fingerprint density at radius 3 is 2.39 bits per heavy atom. The number of aliphatic hydroxyl groups excluding tert-OH is 2. The highest BCUT2D eigenvalue weighted by Crippen LogP contribution is 2.84. The molecule has 6 fully saturated rings. The Hall–Kier alpha value is -4.22. The fraction of sp³-hybridized carbons (Fsp3) is 0.650. The summed E-state index contributed by atoms with van der Waals surface area (Å²) in [7, 11) is 1.13. The quantitative estimate of drug-likeness (QED) is 0.0758. The molecule has 2 bridgehead atoms. The van der Waals surface area contributed by atoms with Crippen LogP contribution in [0.5, 0.6) is 0 Å². The fourth-order valence-corrected chi connectivity index (χ4v) is 12.9. The highest BCUT2D eigenvalue weighted by atomic mass is 17.1. The van der Waals surface area contributed by atoms with Crippen molar-refractivity contribution in [3.63, 3.8) is 0 Å². The number of cyclic esters (lactones) is 3. The van der Waals surface area contributed by atoms with E-state index in [1.54, 1.807) is 6.92 Å². The number of aliphatic hydroxyl groups is 3. The molecule has 0 amide bonds. The van der Waals surface area contributed by atoms with E-state index in [0.29, 0.717) is 18.4 Å². The molecule has 9 rings (SSSR count). The second kappa shape index (κ2) is 11.7. The number of ether oxygens (including phenoxy) is 5. The van der Waals surface area contributed by atoms with Gasteiger partial charge in [-0.15, -0.1) is 0 Å². The van der Waals surface area contributed by atoms with E-state index < -0.39 is 119 Å². The molecule has 16 heteroatoms. The third-order valence-corrected chi connectivity index (χ3v) is 15.6. The van der Waals surface area contributed by atoms with Crippen molar-refractivity contribution in [3.05, 3.63) is 45.6 Å². The highest BCUT2D eigenvalue weighted by molar-refractivity contribution is 6.09. The van der Waals surface area contributed by atoms with Crippen LogP contribution in [-0.4, -0.2) is 112 Å². The summed E-state index contributed by atoms with van der Waals surface area (Å²) < 4.78 is 28.0. The molecule has 9 aliphatic rings. The van der Waals surface area contributed by atoms with E-state index in [2.05, 4.69) is 0 Å². The number of methoxy groups -OCH3 is 1. The van der Waals surface area contributed by atoms with Crippen LogP contribution in [0.3, 0.4) is 0 Å². The Morgan fingerprint density at radius 2 is 1.70 bits per heavy atom. The lowest BCUT2D eigenvalue weighted by atomic mass is 9.40. The van der Waals surface area contributed by atoms with Crippen LogP contribution in [0, 0.1) is 52.3 Å². The minimum absolute atomic E-state index is 0.0667. The molecule has 0 aromatic heterocycles. The molecule has 6 saturated carbocycles. The van der Waals surface area contributed by atoms with Crippen molar-refractivity contribution in [1.82, 2.24) is 0 Å². The molecule has 300 valence electrons. The van der Waals surface area contributed by atoms with Crippen LogP contribution in [0.1, 0.15) is 53.4 Å². The Morgan fingerprint density at radius 1 is 0.964 bits per heavy atom. The summed E-state index contributed by atoms with van der Waals surface area (Å²) >= 11 is 0. The molecule has 0 radical (unpaired) electrons. The minimum Gasteiger partial charge on any atom is -0.466 e. The maximum atomic E-state index is 14.7. The molecular weight excluding hydrogens is 736 g/mol. The number of Topliss-reactive ketones (excluding diaryl/α,β-unsaturated/α-hetero) is 1. The molecule has 16 nitrogen and oxygen atoms in total. The van der Waals surface area contributed by atoms with Crippen LogP contribution in [-0.2, 0) is 57.3 Å².